The van der Waals surface area contributed by atoms with Gasteiger partial charge in [-0.2, -0.15) is 0 Å². The highest BCUT2D eigenvalue weighted by atomic mass is 16.5. The zero-order chi connectivity index (χ0) is 8.67. The third-order valence-corrected chi connectivity index (χ3v) is 2.04. The van der Waals surface area contributed by atoms with E-state index >= 15 is 0 Å². The minimum absolute atomic E-state index is 0.498. The molecule has 1 aliphatic heterocycles. The predicted octanol–water partition coefficient (Wildman–Crippen LogP) is 0.787. The molecule has 2 heterocycles. The molecule has 13 heavy (non-hydrogen) atoms. The first-order chi connectivity index (χ1) is 6.45. The first-order valence-electron chi connectivity index (χ1n) is 3.93. The molecule has 64 valence electrons. The second-order valence-corrected chi connectivity index (χ2v) is 2.78. The molecule has 5 heteroatoms. The van der Waals surface area contributed by atoms with E-state index in [1.54, 1.807) is 6.20 Å². The molecule has 0 saturated heterocycles. The smallest absolute Gasteiger partial charge is 0.173 e. The van der Waals surface area contributed by atoms with Crippen LogP contribution in [-0.2, 0) is 0 Å². The Kier molecular flexibility index (Phi) is 1.16. The molecule has 1 aliphatic rings. The van der Waals surface area contributed by atoms with E-state index in [2.05, 4.69) is 20.7 Å². The van der Waals surface area contributed by atoms with Crippen molar-refractivity contribution in [1.29, 1.82) is 0 Å². The molecule has 1 aromatic carbocycles. The van der Waals surface area contributed by atoms with Crippen LogP contribution in [0.2, 0.25) is 0 Å². The Labute approximate surface area is 73.7 Å². The van der Waals surface area contributed by atoms with Crippen molar-refractivity contribution < 1.29 is 4.74 Å². The number of benzene rings is 1. The fraction of sp³-hybridized carbons (Fsp3) is 0.125. The Morgan fingerprint density at radius 2 is 2.38 bits per heavy atom. The van der Waals surface area contributed by atoms with E-state index in [-0.39, 0.29) is 0 Å². The summed E-state index contributed by atoms with van der Waals surface area (Å²) in [6, 6.07) is 3.89. The van der Waals surface area contributed by atoms with Gasteiger partial charge in [0, 0.05) is 5.39 Å². The second kappa shape index (κ2) is 2.29. The van der Waals surface area contributed by atoms with Gasteiger partial charge in [-0.1, -0.05) is 0 Å². The molecule has 0 saturated carbocycles. The van der Waals surface area contributed by atoms with Gasteiger partial charge in [-0.3, -0.25) is 0 Å². The van der Waals surface area contributed by atoms with Gasteiger partial charge in [0.25, 0.3) is 0 Å². The first-order valence-corrected chi connectivity index (χ1v) is 3.93. The van der Waals surface area contributed by atoms with Crippen LogP contribution in [0.3, 0.4) is 0 Å². The minimum Gasteiger partial charge on any atom is -0.469 e. The number of anilines is 1. The number of nitrogens with zero attached hydrogens (tertiary/aromatic N) is 3. The highest BCUT2D eigenvalue weighted by Gasteiger charge is 2.15. The Morgan fingerprint density at radius 3 is 3.38 bits per heavy atom. The summed E-state index contributed by atoms with van der Waals surface area (Å²) in [5.41, 5.74) is 1.73. The minimum atomic E-state index is 0.498. The molecule has 5 nitrogen and oxygen atoms in total. The zero-order valence-corrected chi connectivity index (χ0v) is 6.69. The van der Waals surface area contributed by atoms with Gasteiger partial charge in [0.2, 0.25) is 0 Å². The lowest BCUT2D eigenvalue weighted by Gasteiger charge is -1.99. The molecular formula is C8H6N4O. The fourth-order valence-electron chi connectivity index (χ4n) is 1.42. The summed E-state index contributed by atoms with van der Waals surface area (Å²) >= 11 is 0. The number of nitrogens with one attached hydrogen (secondary N) is 1. The lowest BCUT2D eigenvalue weighted by molar-refractivity contribution is 0.375. The lowest BCUT2D eigenvalue weighted by Crippen LogP contribution is -1.96. The summed E-state index contributed by atoms with van der Waals surface area (Å²) in [5.74, 6) is 0.771. The molecule has 1 aromatic heterocycles. The molecule has 0 spiro atoms. The number of aromatic nitrogens is 3. The number of hydrogen-bond donors (Lipinski definition) is 1. The van der Waals surface area contributed by atoms with Crippen LogP contribution in [0.25, 0.3) is 10.9 Å². The standard InChI is InChI=1S/C8H6N4O/c1-2-6-8(13-4-9-6)7-5(1)3-10-12-11-7/h1-3,9H,4H2. The third-order valence-electron chi connectivity index (χ3n) is 2.04. The van der Waals surface area contributed by atoms with Gasteiger partial charge in [0.1, 0.15) is 5.52 Å². The van der Waals surface area contributed by atoms with Crippen molar-refractivity contribution in [3.05, 3.63) is 18.3 Å². The quantitative estimate of drug-likeness (QED) is 0.639. The Morgan fingerprint density at radius 1 is 1.38 bits per heavy atom. The van der Waals surface area contributed by atoms with E-state index in [1.165, 1.54) is 0 Å². The molecule has 2 aromatic rings. The summed E-state index contributed by atoms with van der Waals surface area (Å²) in [4.78, 5) is 0. The maximum atomic E-state index is 5.37. The van der Waals surface area contributed by atoms with Gasteiger partial charge < -0.3 is 10.1 Å². The van der Waals surface area contributed by atoms with Gasteiger partial charge >= 0.3 is 0 Å². The largest absolute Gasteiger partial charge is 0.469 e. The van der Waals surface area contributed by atoms with E-state index in [1.807, 2.05) is 12.1 Å². The Balaban J connectivity index is 2.43. The van der Waals surface area contributed by atoms with E-state index in [9.17, 15) is 0 Å². The van der Waals surface area contributed by atoms with Crippen molar-refractivity contribution in [2.75, 3.05) is 12.0 Å². The van der Waals surface area contributed by atoms with E-state index in [4.69, 9.17) is 4.74 Å². The summed E-state index contributed by atoms with van der Waals surface area (Å²) in [5, 5.41) is 15.2. The van der Waals surface area contributed by atoms with Gasteiger partial charge in [0.15, 0.2) is 12.5 Å². The van der Waals surface area contributed by atoms with Crippen LogP contribution in [0, 0.1) is 0 Å². The predicted molar refractivity (Wildman–Crippen MR) is 46.5 cm³/mol. The SMILES string of the molecule is c1cc2cnnnc2c2c1NCO2. The highest BCUT2D eigenvalue weighted by molar-refractivity contribution is 5.90. The van der Waals surface area contributed by atoms with Gasteiger partial charge in [-0.25, -0.2) is 0 Å². The van der Waals surface area contributed by atoms with E-state index in [0.717, 1.165) is 22.3 Å². The van der Waals surface area contributed by atoms with Crippen LogP contribution in [0.1, 0.15) is 0 Å². The Bertz CT molecular complexity index is 471. The molecule has 0 unspecified atom stereocenters. The van der Waals surface area contributed by atoms with Crippen molar-refractivity contribution in [2.24, 2.45) is 0 Å². The van der Waals surface area contributed by atoms with Crippen molar-refractivity contribution in [3.63, 3.8) is 0 Å². The van der Waals surface area contributed by atoms with Crippen molar-refractivity contribution in [1.82, 2.24) is 15.4 Å². The maximum Gasteiger partial charge on any atom is 0.173 e. The normalized spacial score (nSPS) is 13.5. The summed E-state index contributed by atoms with van der Waals surface area (Å²) < 4.78 is 5.37. The van der Waals surface area contributed by atoms with Gasteiger partial charge in [-0.05, 0) is 17.3 Å². The van der Waals surface area contributed by atoms with Crippen molar-refractivity contribution in [3.8, 4) is 5.75 Å². The topological polar surface area (TPSA) is 59.9 Å². The number of rotatable bonds is 0. The molecule has 0 amide bonds. The van der Waals surface area contributed by atoms with Crippen LogP contribution in [0.15, 0.2) is 18.3 Å². The number of ether oxygens (including phenoxy) is 1. The highest BCUT2D eigenvalue weighted by Crippen LogP contribution is 2.34. The Hall–Kier alpha value is -1.91. The third kappa shape index (κ3) is 0.837. The van der Waals surface area contributed by atoms with E-state index in [0.29, 0.717) is 6.73 Å². The lowest BCUT2D eigenvalue weighted by atomic mass is 10.2. The molecular weight excluding hydrogens is 168 g/mol. The molecule has 3 rings (SSSR count). The van der Waals surface area contributed by atoms with E-state index < -0.39 is 0 Å². The molecule has 0 fully saturated rings. The number of fused-ring (bicyclic) bond motifs is 3. The van der Waals surface area contributed by atoms with Crippen molar-refractivity contribution in [2.45, 2.75) is 0 Å². The average molecular weight is 174 g/mol. The summed E-state index contributed by atoms with van der Waals surface area (Å²) in [6.07, 6.45) is 1.67. The van der Waals surface area contributed by atoms with Gasteiger partial charge in [-0.15, -0.1) is 10.2 Å². The van der Waals surface area contributed by atoms with Crippen LogP contribution < -0.4 is 10.1 Å². The molecule has 0 atom stereocenters. The summed E-state index contributed by atoms with van der Waals surface area (Å²) in [6.45, 7) is 0.498. The zero-order valence-electron chi connectivity index (χ0n) is 6.69. The second-order valence-electron chi connectivity index (χ2n) is 2.78. The van der Waals surface area contributed by atoms with Gasteiger partial charge in [0.05, 0.1) is 11.9 Å². The van der Waals surface area contributed by atoms with Crippen molar-refractivity contribution >= 4 is 16.6 Å². The number of hydrogen-bond acceptors (Lipinski definition) is 5. The monoisotopic (exact) mass is 174 g/mol. The summed E-state index contributed by atoms with van der Waals surface area (Å²) in [7, 11) is 0. The average Bonchev–Trinajstić information content (AvgIpc) is 2.65. The molecule has 0 aliphatic carbocycles. The molecule has 0 bridgehead atoms. The molecule has 1 N–H and O–H groups in total. The fourth-order valence-corrected chi connectivity index (χ4v) is 1.42. The maximum absolute atomic E-state index is 5.37. The first kappa shape index (κ1) is 6.59. The molecule has 0 radical (unpaired) electrons. The van der Waals surface area contributed by atoms with Crippen LogP contribution in [-0.4, -0.2) is 22.1 Å². The van der Waals surface area contributed by atoms with Crippen LogP contribution in [0.5, 0.6) is 5.75 Å². The van der Waals surface area contributed by atoms with Crippen LogP contribution >= 0.6 is 0 Å². The van der Waals surface area contributed by atoms with Crippen LogP contribution in [0.4, 0.5) is 5.69 Å².